The van der Waals surface area contributed by atoms with Crippen molar-refractivity contribution in [2.75, 3.05) is 6.54 Å². The fraction of sp³-hybridized carbons (Fsp3) is 0.364. The van der Waals surface area contributed by atoms with Crippen molar-refractivity contribution in [2.24, 2.45) is 0 Å². The number of benzene rings is 1. The molecular formula is C11H9ClF3NO. The number of carbonyl (C=O) groups is 1. The molecule has 0 radical (unpaired) electrons. The summed E-state index contributed by atoms with van der Waals surface area (Å²) in [6, 6.07) is 1.19. The lowest BCUT2D eigenvalue weighted by molar-refractivity contribution is -0.128. The second kappa shape index (κ2) is 4.56. The maximum Gasteiger partial charge on any atom is 0.224 e. The van der Waals surface area contributed by atoms with Crippen LogP contribution in [0.4, 0.5) is 13.2 Å². The molecule has 1 aliphatic heterocycles. The van der Waals surface area contributed by atoms with Crippen LogP contribution in [0.1, 0.15) is 12.0 Å². The molecule has 1 aromatic carbocycles. The average Bonchev–Trinajstić information content (AvgIpc) is 2.51. The summed E-state index contributed by atoms with van der Waals surface area (Å²) in [6.45, 7) is 0.0244. The number of likely N-dealkylation sites (tertiary alicyclic amines) is 1. The number of hydrogen-bond acceptors (Lipinski definition) is 1. The van der Waals surface area contributed by atoms with Gasteiger partial charge in [-0.1, -0.05) is 0 Å². The lowest BCUT2D eigenvalue weighted by Gasteiger charge is -2.16. The van der Waals surface area contributed by atoms with Crippen LogP contribution in [-0.2, 0) is 11.3 Å². The van der Waals surface area contributed by atoms with Crippen LogP contribution in [0.25, 0.3) is 0 Å². The lowest BCUT2D eigenvalue weighted by atomic mass is 10.2. The molecule has 1 amide bonds. The van der Waals surface area contributed by atoms with E-state index in [-0.39, 0.29) is 36.4 Å². The van der Waals surface area contributed by atoms with Gasteiger partial charge in [-0.15, -0.1) is 11.6 Å². The number of hydrogen-bond donors (Lipinski definition) is 0. The molecule has 6 heteroatoms. The van der Waals surface area contributed by atoms with Crippen LogP contribution in [0.3, 0.4) is 0 Å². The van der Waals surface area contributed by atoms with Crippen LogP contribution in [0.5, 0.6) is 0 Å². The van der Waals surface area contributed by atoms with Crippen LogP contribution in [-0.4, -0.2) is 22.7 Å². The van der Waals surface area contributed by atoms with Gasteiger partial charge in [-0.05, 0) is 0 Å². The summed E-state index contributed by atoms with van der Waals surface area (Å²) in [5, 5.41) is -0.339. The van der Waals surface area contributed by atoms with E-state index in [0.717, 1.165) is 0 Å². The molecule has 0 bridgehead atoms. The summed E-state index contributed by atoms with van der Waals surface area (Å²) in [6.07, 6.45) is 0.159. The van der Waals surface area contributed by atoms with E-state index in [0.29, 0.717) is 12.1 Å². The van der Waals surface area contributed by atoms with Crippen LogP contribution in [0.2, 0.25) is 0 Å². The van der Waals surface area contributed by atoms with E-state index in [1.807, 2.05) is 0 Å². The molecule has 0 saturated carbocycles. The van der Waals surface area contributed by atoms with Gasteiger partial charge in [-0.2, -0.15) is 0 Å². The summed E-state index contributed by atoms with van der Waals surface area (Å²) in [5.74, 6) is -3.22. The molecule has 1 unspecified atom stereocenters. The molecule has 1 fully saturated rings. The third-order valence-corrected chi connectivity index (χ3v) is 2.91. The van der Waals surface area contributed by atoms with Gasteiger partial charge in [0, 0.05) is 30.7 Å². The van der Waals surface area contributed by atoms with E-state index in [2.05, 4.69) is 0 Å². The van der Waals surface area contributed by atoms with E-state index in [9.17, 15) is 18.0 Å². The first-order valence-corrected chi connectivity index (χ1v) is 5.46. The molecule has 0 spiro atoms. The topological polar surface area (TPSA) is 20.3 Å². The molecule has 92 valence electrons. The van der Waals surface area contributed by atoms with Gasteiger partial charge in [0.1, 0.15) is 17.5 Å². The van der Waals surface area contributed by atoms with E-state index in [1.54, 1.807) is 0 Å². The summed E-state index contributed by atoms with van der Waals surface area (Å²) in [5.41, 5.74) is -0.314. The molecule has 1 heterocycles. The van der Waals surface area contributed by atoms with Gasteiger partial charge in [0.25, 0.3) is 0 Å². The zero-order valence-corrected chi connectivity index (χ0v) is 9.48. The average molecular weight is 264 g/mol. The highest BCUT2D eigenvalue weighted by atomic mass is 35.5. The van der Waals surface area contributed by atoms with E-state index < -0.39 is 17.5 Å². The molecule has 0 aromatic heterocycles. The Balaban J connectivity index is 2.22. The third-order valence-electron chi connectivity index (χ3n) is 2.62. The standard InChI is InChI=1S/C11H9ClF3NO/c12-6-1-11(17)16(4-6)5-8-9(14)2-7(13)3-10(8)15/h2-3,6H,1,4-5H2. The highest BCUT2D eigenvalue weighted by molar-refractivity contribution is 6.22. The van der Waals surface area contributed by atoms with Gasteiger partial charge in [-0.3, -0.25) is 4.79 Å². The summed E-state index contributed by atoms with van der Waals surface area (Å²) in [4.78, 5) is 12.7. The maximum absolute atomic E-state index is 13.3. The number of halogens is 4. The van der Waals surface area contributed by atoms with Crippen molar-refractivity contribution in [3.05, 3.63) is 35.1 Å². The van der Waals surface area contributed by atoms with E-state index in [1.165, 1.54) is 4.90 Å². The fourth-order valence-corrected chi connectivity index (χ4v) is 2.09. The van der Waals surface area contributed by atoms with E-state index >= 15 is 0 Å². The number of rotatable bonds is 2. The highest BCUT2D eigenvalue weighted by Gasteiger charge is 2.29. The quantitative estimate of drug-likeness (QED) is 0.751. The molecule has 2 rings (SSSR count). The Kier molecular flexibility index (Phi) is 3.28. The van der Waals surface area contributed by atoms with Gasteiger partial charge in [-0.25, -0.2) is 13.2 Å². The molecule has 1 aromatic rings. The Morgan fingerprint density at radius 3 is 2.35 bits per heavy atom. The van der Waals surface area contributed by atoms with Crippen molar-refractivity contribution in [3.8, 4) is 0 Å². The third kappa shape index (κ3) is 2.54. The minimum atomic E-state index is -0.992. The van der Waals surface area contributed by atoms with Crippen LogP contribution >= 0.6 is 11.6 Å². The van der Waals surface area contributed by atoms with Crippen molar-refractivity contribution in [2.45, 2.75) is 18.3 Å². The molecular weight excluding hydrogens is 255 g/mol. The van der Waals surface area contributed by atoms with Crippen molar-refractivity contribution < 1.29 is 18.0 Å². The summed E-state index contributed by atoms with van der Waals surface area (Å²) >= 11 is 5.76. The maximum atomic E-state index is 13.3. The molecule has 17 heavy (non-hydrogen) atoms. The van der Waals surface area contributed by atoms with Crippen LogP contribution in [0.15, 0.2) is 12.1 Å². The molecule has 1 saturated heterocycles. The Hall–Kier alpha value is -1.23. The molecule has 0 N–H and O–H groups in total. The SMILES string of the molecule is O=C1CC(Cl)CN1Cc1c(F)cc(F)cc1F. The number of carbonyl (C=O) groups excluding carboxylic acids is 1. The van der Waals surface area contributed by atoms with Crippen molar-refractivity contribution in [3.63, 3.8) is 0 Å². The van der Waals surface area contributed by atoms with Gasteiger partial charge < -0.3 is 4.90 Å². The summed E-state index contributed by atoms with van der Waals surface area (Å²) in [7, 11) is 0. The highest BCUT2D eigenvalue weighted by Crippen LogP contribution is 2.22. The zero-order valence-electron chi connectivity index (χ0n) is 8.72. The summed E-state index contributed by atoms with van der Waals surface area (Å²) < 4.78 is 39.4. The van der Waals surface area contributed by atoms with Crippen molar-refractivity contribution in [1.29, 1.82) is 0 Å². The van der Waals surface area contributed by atoms with Crippen molar-refractivity contribution in [1.82, 2.24) is 4.90 Å². The van der Waals surface area contributed by atoms with E-state index in [4.69, 9.17) is 11.6 Å². The zero-order chi connectivity index (χ0) is 12.6. The number of nitrogens with zero attached hydrogens (tertiary/aromatic N) is 1. The van der Waals surface area contributed by atoms with Crippen molar-refractivity contribution >= 4 is 17.5 Å². The van der Waals surface area contributed by atoms with Gasteiger partial charge in [0.05, 0.1) is 11.9 Å². The minimum Gasteiger partial charge on any atom is -0.337 e. The largest absolute Gasteiger partial charge is 0.337 e. The normalized spacial score (nSPS) is 20.1. The molecule has 0 aliphatic carbocycles. The second-order valence-corrected chi connectivity index (χ2v) is 4.54. The Bertz CT molecular complexity index is 443. The number of amides is 1. The molecule has 1 aliphatic rings. The monoisotopic (exact) mass is 263 g/mol. The van der Waals surface area contributed by atoms with Crippen LogP contribution in [0, 0.1) is 17.5 Å². The van der Waals surface area contributed by atoms with Crippen LogP contribution < -0.4 is 0 Å². The first kappa shape index (κ1) is 12.2. The molecule has 1 atom stereocenters. The first-order valence-electron chi connectivity index (χ1n) is 5.02. The van der Waals surface area contributed by atoms with Gasteiger partial charge >= 0.3 is 0 Å². The second-order valence-electron chi connectivity index (χ2n) is 3.92. The Morgan fingerprint density at radius 2 is 1.88 bits per heavy atom. The smallest absolute Gasteiger partial charge is 0.224 e. The lowest BCUT2D eigenvalue weighted by Crippen LogP contribution is -2.25. The van der Waals surface area contributed by atoms with Gasteiger partial charge in [0.2, 0.25) is 5.91 Å². The number of alkyl halides is 1. The first-order chi connectivity index (χ1) is 7.97. The Morgan fingerprint density at radius 1 is 1.29 bits per heavy atom. The Labute approximate surface area is 101 Å². The molecule has 2 nitrogen and oxygen atoms in total. The predicted octanol–water partition coefficient (Wildman–Crippen LogP) is 2.44. The predicted molar refractivity (Wildman–Crippen MR) is 56.0 cm³/mol. The minimum absolute atomic E-state index is 0.159. The fourth-order valence-electron chi connectivity index (χ4n) is 1.79. The van der Waals surface area contributed by atoms with Gasteiger partial charge in [0.15, 0.2) is 0 Å².